The zero-order chi connectivity index (χ0) is 22.6. The molecule has 3 nitrogen and oxygen atoms in total. The van der Waals surface area contributed by atoms with Gasteiger partial charge in [-0.15, -0.1) is 0 Å². The molecule has 0 heterocycles. The number of hydrogen-bond acceptors (Lipinski definition) is 2. The van der Waals surface area contributed by atoms with Crippen molar-refractivity contribution in [1.29, 1.82) is 0 Å². The molecule has 0 amide bonds. The third-order valence-corrected chi connectivity index (χ3v) is 11.3. The topological polar surface area (TPSA) is 57.5 Å². The smallest absolute Gasteiger partial charge is 0.309 e. The van der Waals surface area contributed by atoms with E-state index in [1.54, 1.807) is 0 Å². The predicted octanol–water partition coefficient (Wildman–Crippen LogP) is 6.78. The Labute approximate surface area is 190 Å². The van der Waals surface area contributed by atoms with Crippen molar-refractivity contribution in [3.63, 3.8) is 0 Å². The highest BCUT2D eigenvalue weighted by Gasteiger charge is 2.62. The van der Waals surface area contributed by atoms with E-state index in [0.29, 0.717) is 17.8 Å². The maximum absolute atomic E-state index is 12.0. The Hall–Kier alpha value is -0.570. The Morgan fingerprint density at radius 1 is 0.871 bits per heavy atom. The largest absolute Gasteiger partial charge is 0.481 e. The molecule has 0 saturated heterocycles. The van der Waals surface area contributed by atoms with Crippen LogP contribution in [0.3, 0.4) is 0 Å². The highest BCUT2D eigenvalue weighted by atomic mass is 16.4. The summed E-state index contributed by atoms with van der Waals surface area (Å²) in [4.78, 5) is 12.0. The summed E-state index contributed by atoms with van der Waals surface area (Å²) in [6.07, 6.45) is 12.8. The van der Waals surface area contributed by atoms with Crippen molar-refractivity contribution in [1.82, 2.24) is 0 Å². The van der Waals surface area contributed by atoms with Gasteiger partial charge >= 0.3 is 5.97 Å². The van der Waals surface area contributed by atoms with Crippen LogP contribution in [0.15, 0.2) is 0 Å². The second-order valence-corrected chi connectivity index (χ2v) is 13.1. The number of aliphatic hydroxyl groups is 1. The highest BCUT2D eigenvalue weighted by molar-refractivity contribution is 5.71. The zero-order valence-corrected chi connectivity index (χ0v) is 20.8. The molecule has 31 heavy (non-hydrogen) atoms. The fourth-order valence-electron chi connectivity index (χ4n) is 9.71. The summed E-state index contributed by atoms with van der Waals surface area (Å²) < 4.78 is 0. The van der Waals surface area contributed by atoms with E-state index in [4.69, 9.17) is 0 Å². The van der Waals surface area contributed by atoms with Gasteiger partial charge in [-0.2, -0.15) is 0 Å². The van der Waals surface area contributed by atoms with Gasteiger partial charge in [-0.25, -0.2) is 0 Å². The fraction of sp³-hybridized carbons (Fsp3) is 0.964. The number of carbonyl (C=O) groups is 1. The summed E-state index contributed by atoms with van der Waals surface area (Å²) in [7, 11) is 0. The third kappa shape index (κ3) is 3.89. The molecule has 4 aliphatic carbocycles. The molecule has 0 radical (unpaired) electrons. The maximum Gasteiger partial charge on any atom is 0.309 e. The molecule has 2 N–H and O–H groups in total. The summed E-state index contributed by atoms with van der Waals surface area (Å²) >= 11 is 0. The summed E-state index contributed by atoms with van der Waals surface area (Å²) in [6.45, 7) is 12.2. The van der Waals surface area contributed by atoms with Crippen molar-refractivity contribution in [3.05, 3.63) is 0 Å². The maximum atomic E-state index is 12.0. The summed E-state index contributed by atoms with van der Waals surface area (Å²) in [6, 6.07) is 0. The first-order chi connectivity index (χ1) is 14.6. The average Bonchev–Trinajstić information content (AvgIpc) is 3.05. The number of carboxylic acids is 1. The molecule has 3 heteroatoms. The van der Waals surface area contributed by atoms with Crippen LogP contribution in [0.1, 0.15) is 105 Å². The Bertz CT molecular complexity index is 659. The minimum atomic E-state index is -0.765. The van der Waals surface area contributed by atoms with E-state index in [-0.39, 0.29) is 11.3 Å². The molecule has 0 aliphatic heterocycles. The lowest BCUT2D eigenvalue weighted by Crippen LogP contribution is -2.58. The molecule has 0 aromatic heterocycles. The van der Waals surface area contributed by atoms with Crippen molar-refractivity contribution < 1.29 is 15.0 Å². The molecule has 4 aliphatic rings. The van der Waals surface area contributed by atoms with Gasteiger partial charge in [0.2, 0.25) is 0 Å². The van der Waals surface area contributed by atoms with E-state index in [1.807, 2.05) is 0 Å². The number of rotatable bonds is 6. The first-order valence-electron chi connectivity index (χ1n) is 13.5. The van der Waals surface area contributed by atoms with Crippen molar-refractivity contribution in [2.75, 3.05) is 0 Å². The van der Waals surface area contributed by atoms with E-state index < -0.39 is 18.0 Å². The normalized spacial score (nSPS) is 48.0. The van der Waals surface area contributed by atoms with Crippen molar-refractivity contribution in [2.24, 2.45) is 58.2 Å². The number of aliphatic hydroxyl groups excluding tert-OH is 1. The molecule has 0 bridgehead atoms. The van der Waals surface area contributed by atoms with E-state index >= 15 is 0 Å². The van der Waals surface area contributed by atoms with Gasteiger partial charge in [0, 0.05) is 0 Å². The summed E-state index contributed by atoms with van der Waals surface area (Å²) in [5.41, 5.74) is 0.593. The van der Waals surface area contributed by atoms with Crippen molar-refractivity contribution >= 4 is 5.97 Å². The van der Waals surface area contributed by atoms with Crippen LogP contribution in [0.4, 0.5) is 0 Å². The van der Waals surface area contributed by atoms with Crippen LogP contribution < -0.4 is 0 Å². The lowest BCUT2D eigenvalue weighted by Gasteiger charge is -2.62. The molecule has 0 unspecified atom stereocenters. The summed E-state index contributed by atoms with van der Waals surface area (Å²) in [5, 5.41) is 20.4. The van der Waals surface area contributed by atoms with Crippen LogP contribution in [-0.4, -0.2) is 22.3 Å². The van der Waals surface area contributed by atoms with Gasteiger partial charge < -0.3 is 10.2 Å². The zero-order valence-electron chi connectivity index (χ0n) is 20.8. The van der Waals surface area contributed by atoms with Gasteiger partial charge in [0.25, 0.3) is 0 Å². The average molecular weight is 433 g/mol. The van der Waals surface area contributed by atoms with Crippen molar-refractivity contribution in [2.45, 2.75) is 111 Å². The van der Waals surface area contributed by atoms with Crippen LogP contribution in [0.2, 0.25) is 0 Å². The van der Waals surface area contributed by atoms with Crippen LogP contribution in [0.25, 0.3) is 0 Å². The second-order valence-electron chi connectivity index (χ2n) is 13.1. The number of carboxylic acid groups (broad SMARTS) is 1. The SMILES string of the molecule is CC(C)CCC[C@@H](C)[C@H]1CC[C@H]2[C@@H]3CC[C@H]4[C@H](C(=O)O)[C@@H](O)CC[C@]4(C)[C@H]3CC[C@]12C. The Morgan fingerprint density at radius 2 is 1.52 bits per heavy atom. The monoisotopic (exact) mass is 432 g/mol. The third-order valence-electron chi connectivity index (χ3n) is 11.3. The predicted molar refractivity (Wildman–Crippen MR) is 126 cm³/mol. The number of aliphatic carboxylic acids is 1. The quantitative estimate of drug-likeness (QED) is 0.486. The molecule has 4 rings (SSSR count). The van der Waals surface area contributed by atoms with Crippen molar-refractivity contribution in [3.8, 4) is 0 Å². The Balaban J connectivity index is 1.50. The highest BCUT2D eigenvalue weighted by Crippen LogP contribution is 2.69. The first kappa shape index (κ1) is 23.6. The van der Waals surface area contributed by atoms with E-state index in [0.717, 1.165) is 42.4 Å². The molecule has 4 fully saturated rings. The number of hydrogen-bond donors (Lipinski definition) is 2. The molecule has 4 saturated carbocycles. The van der Waals surface area contributed by atoms with Gasteiger partial charge in [-0.3, -0.25) is 4.79 Å². The molecule has 178 valence electrons. The minimum Gasteiger partial charge on any atom is -0.481 e. The lowest BCUT2D eigenvalue weighted by molar-refractivity contribution is -0.177. The molecule has 0 aromatic carbocycles. The van der Waals surface area contributed by atoms with Crippen LogP contribution in [-0.2, 0) is 4.79 Å². The molecule has 0 aromatic rings. The van der Waals surface area contributed by atoms with Crippen LogP contribution >= 0.6 is 0 Å². The van der Waals surface area contributed by atoms with Gasteiger partial charge in [-0.1, -0.05) is 53.9 Å². The number of fused-ring (bicyclic) bond motifs is 5. The second kappa shape index (κ2) is 8.65. The molecular formula is C28H48O3. The first-order valence-corrected chi connectivity index (χ1v) is 13.5. The van der Waals surface area contributed by atoms with E-state index in [2.05, 4.69) is 34.6 Å². The Morgan fingerprint density at radius 3 is 2.19 bits per heavy atom. The molecule has 10 atom stereocenters. The fourth-order valence-corrected chi connectivity index (χ4v) is 9.71. The van der Waals surface area contributed by atoms with Gasteiger partial charge in [-0.05, 0) is 104 Å². The van der Waals surface area contributed by atoms with Crippen LogP contribution in [0.5, 0.6) is 0 Å². The molecule has 0 spiro atoms. The minimum absolute atomic E-state index is 0.105. The van der Waals surface area contributed by atoms with Gasteiger partial charge in [0.15, 0.2) is 0 Å². The van der Waals surface area contributed by atoms with E-state index in [1.165, 1.54) is 51.4 Å². The molecular weight excluding hydrogens is 384 g/mol. The van der Waals surface area contributed by atoms with Crippen LogP contribution in [0, 0.1) is 58.2 Å². The Kier molecular flexibility index (Phi) is 6.58. The van der Waals surface area contributed by atoms with Gasteiger partial charge in [0.1, 0.15) is 0 Å². The lowest BCUT2D eigenvalue weighted by atomic mass is 9.43. The summed E-state index contributed by atoms with van der Waals surface area (Å²) in [5.74, 6) is 3.63. The standard InChI is InChI=1S/C28H48O3/c1-17(2)7-6-8-18(3)20-11-12-21-19-9-10-23-25(26(30)31)24(29)14-16-28(23,5)22(19)13-15-27(20,21)4/h17-25,29H,6-16H2,1-5H3,(H,30,31)/t18-,19+,20-,21+,22+,23+,24+,25+,27-,28-/m1/s1. The van der Waals surface area contributed by atoms with E-state index in [9.17, 15) is 15.0 Å². The van der Waals surface area contributed by atoms with Gasteiger partial charge in [0.05, 0.1) is 12.0 Å².